The van der Waals surface area contributed by atoms with Crippen LogP contribution in [0.15, 0.2) is 48.5 Å². The molecule has 0 aromatic heterocycles. The molecular weight excluding hydrogens is 440 g/mol. The first-order chi connectivity index (χ1) is 15.0. The lowest BCUT2D eigenvalue weighted by Gasteiger charge is -2.31. The van der Waals surface area contributed by atoms with Gasteiger partial charge in [0.15, 0.2) is 0 Å². The van der Waals surface area contributed by atoms with Gasteiger partial charge >= 0.3 is 0 Å². The van der Waals surface area contributed by atoms with Gasteiger partial charge in [0.1, 0.15) is 24.2 Å². The van der Waals surface area contributed by atoms with Crippen LogP contribution < -0.4 is 9.62 Å². The lowest BCUT2D eigenvalue weighted by molar-refractivity contribution is -0.139. The minimum atomic E-state index is -3.96. The van der Waals surface area contributed by atoms with Gasteiger partial charge in [0.05, 0.1) is 11.9 Å². The normalized spacial score (nSPS) is 12.2. The fourth-order valence-electron chi connectivity index (χ4n) is 3.03. The van der Waals surface area contributed by atoms with Crippen LogP contribution in [0.1, 0.15) is 25.8 Å². The van der Waals surface area contributed by atoms with E-state index in [1.165, 1.54) is 37.3 Å². The maximum atomic E-state index is 14.3. The molecule has 32 heavy (non-hydrogen) atoms. The number of anilines is 1. The summed E-state index contributed by atoms with van der Waals surface area (Å²) in [5, 5.41) is 2.68. The smallest absolute Gasteiger partial charge is 0.244 e. The van der Waals surface area contributed by atoms with Crippen LogP contribution >= 0.6 is 0 Å². The molecule has 0 fully saturated rings. The average molecular weight is 468 g/mol. The average Bonchev–Trinajstić information content (AvgIpc) is 2.73. The maximum Gasteiger partial charge on any atom is 0.244 e. The Morgan fingerprint density at radius 1 is 1.09 bits per heavy atom. The van der Waals surface area contributed by atoms with Crippen molar-refractivity contribution >= 4 is 27.5 Å². The SMILES string of the molecule is CCCNC(=O)[C@@H](C)N(Cc1ccccc1F)C(=O)CN(c1cccc(F)c1)S(C)(=O)=O. The molecule has 0 saturated heterocycles. The molecule has 2 rings (SSSR count). The van der Waals surface area contributed by atoms with E-state index >= 15 is 0 Å². The van der Waals surface area contributed by atoms with E-state index < -0.39 is 46.1 Å². The van der Waals surface area contributed by atoms with E-state index in [4.69, 9.17) is 0 Å². The minimum Gasteiger partial charge on any atom is -0.354 e. The fourth-order valence-corrected chi connectivity index (χ4v) is 3.88. The van der Waals surface area contributed by atoms with Crippen LogP contribution in [0.5, 0.6) is 0 Å². The second-order valence-corrected chi connectivity index (χ2v) is 9.24. The molecule has 2 aromatic rings. The third-order valence-corrected chi connectivity index (χ3v) is 5.93. The molecule has 0 aliphatic carbocycles. The zero-order valence-electron chi connectivity index (χ0n) is 18.2. The summed E-state index contributed by atoms with van der Waals surface area (Å²) >= 11 is 0. The highest BCUT2D eigenvalue weighted by Crippen LogP contribution is 2.20. The molecule has 0 aliphatic rings. The largest absolute Gasteiger partial charge is 0.354 e. The molecule has 0 spiro atoms. The van der Waals surface area contributed by atoms with Crippen LogP contribution in [0.4, 0.5) is 14.5 Å². The second kappa shape index (κ2) is 11.0. The molecule has 2 aromatic carbocycles. The number of halogens is 2. The molecule has 10 heteroatoms. The summed E-state index contributed by atoms with van der Waals surface area (Å²) in [5.74, 6) is -2.41. The number of nitrogens with zero attached hydrogens (tertiary/aromatic N) is 2. The Kier molecular flexibility index (Phi) is 8.71. The van der Waals surface area contributed by atoms with Gasteiger partial charge in [0.25, 0.3) is 0 Å². The third kappa shape index (κ3) is 6.74. The van der Waals surface area contributed by atoms with Crippen molar-refractivity contribution in [2.75, 3.05) is 23.7 Å². The highest BCUT2D eigenvalue weighted by molar-refractivity contribution is 7.92. The van der Waals surface area contributed by atoms with Crippen molar-refractivity contribution in [2.24, 2.45) is 0 Å². The second-order valence-electron chi connectivity index (χ2n) is 7.33. The van der Waals surface area contributed by atoms with E-state index in [2.05, 4.69) is 5.32 Å². The molecule has 0 saturated carbocycles. The number of hydrogen-bond acceptors (Lipinski definition) is 4. The summed E-state index contributed by atoms with van der Waals surface area (Å²) in [5.41, 5.74) is 0.141. The Morgan fingerprint density at radius 2 is 1.78 bits per heavy atom. The standard InChI is InChI=1S/C22H27F2N3O4S/c1-4-12-25-22(29)16(2)26(14-17-8-5-6-11-20(17)24)21(28)15-27(32(3,30)31)19-10-7-9-18(23)13-19/h5-11,13,16H,4,12,14-15H2,1-3H3,(H,25,29)/t16-/m1/s1. The van der Waals surface area contributed by atoms with Crippen molar-refractivity contribution in [3.8, 4) is 0 Å². The Bertz CT molecular complexity index is 1060. The van der Waals surface area contributed by atoms with Crippen molar-refractivity contribution in [3.63, 3.8) is 0 Å². The van der Waals surface area contributed by atoms with Crippen molar-refractivity contribution < 1.29 is 26.8 Å². The number of carbonyl (C=O) groups is 2. The third-order valence-electron chi connectivity index (χ3n) is 4.79. The van der Waals surface area contributed by atoms with Gasteiger partial charge in [-0.05, 0) is 37.6 Å². The number of rotatable bonds is 10. The van der Waals surface area contributed by atoms with Crippen LogP contribution in [0.3, 0.4) is 0 Å². The van der Waals surface area contributed by atoms with Crippen LogP contribution in [0.2, 0.25) is 0 Å². The summed E-state index contributed by atoms with van der Waals surface area (Å²) in [6.45, 7) is 2.83. The van der Waals surface area contributed by atoms with Gasteiger partial charge in [-0.1, -0.05) is 31.2 Å². The van der Waals surface area contributed by atoms with Gasteiger partial charge in [0, 0.05) is 18.7 Å². The summed E-state index contributed by atoms with van der Waals surface area (Å²) < 4.78 is 53.4. The number of amides is 2. The zero-order valence-corrected chi connectivity index (χ0v) is 19.0. The molecular formula is C22H27F2N3O4S. The summed E-state index contributed by atoms with van der Waals surface area (Å²) in [6.07, 6.45) is 1.57. The van der Waals surface area contributed by atoms with Crippen LogP contribution in [0.25, 0.3) is 0 Å². The van der Waals surface area contributed by atoms with Gasteiger partial charge in [0.2, 0.25) is 21.8 Å². The van der Waals surface area contributed by atoms with E-state index in [9.17, 15) is 26.8 Å². The Labute approximate surface area is 187 Å². The highest BCUT2D eigenvalue weighted by Gasteiger charge is 2.30. The first kappa shape index (κ1) is 25.3. The summed E-state index contributed by atoms with van der Waals surface area (Å²) in [4.78, 5) is 26.9. The molecule has 0 aliphatic heterocycles. The number of hydrogen-bond donors (Lipinski definition) is 1. The predicted molar refractivity (Wildman–Crippen MR) is 118 cm³/mol. The fraction of sp³-hybridized carbons (Fsp3) is 0.364. The molecule has 174 valence electrons. The molecule has 0 unspecified atom stereocenters. The van der Waals surface area contributed by atoms with Crippen LogP contribution in [-0.4, -0.2) is 50.5 Å². The number of sulfonamides is 1. The van der Waals surface area contributed by atoms with Gasteiger partial charge in [-0.25, -0.2) is 17.2 Å². The molecule has 0 heterocycles. The van der Waals surface area contributed by atoms with Gasteiger partial charge in [-0.3, -0.25) is 13.9 Å². The quantitative estimate of drug-likeness (QED) is 0.582. The minimum absolute atomic E-state index is 0.0326. The van der Waals surface area contributed by atoms with Crippen molar-refractivity contribution in [2.45, 2.75) is 32.9 Å². The molecule has 2 amide bonds. The van der Waals surface area contributed by atoms with E-state index in [1.54, 1.807) is 6.07 Å². The number of benzene rings is 2. The van der Waals surface area contributed by atoms with Gasteiger partial charge in [-0.15, -0.1) is 0 Å². The van der Waals surface area contributed by atoms with Crippen LogP contribution in [-0.2, 0) is 26.2 Å². The molecule has 7 nitrogen and oxygen atoms in total. The van der Waals surface area contributed by atoms with Gasteiger partial charge in [-0.2, -0.15) is 0 Å². The monoisotopic (exact) mass is 467 g/mol. The van der Waals surface area contributed by atoms with Crippen molar-refractivity contribution in [1.82, 2.24) is 10.2 Å². The van der Waals surface area contributed by atoms with Crippen molar-refractivity contribution in [3.05, 3.63) is 65.7 Å². The predicted octanol–water partition coefficient (Wildman–Crippen LogP) is 2.67. The molecule has 0 radical (unpaired) electrons. The topological polar surface area (TPSA) is 86.8 Å². The lowest BCUT2D eigenvalue weighted by atomic mass is 10.1. The lowest BCUT2D eigenvalue weighted by Crippen LogP contribution is -2.51. The van der Waals surface area contributed by atoms with Crippen molar-refractivity contribution in [1.29, 1.82) is 0 Å². The van der Waals surface area contributed by atoms with Gasteiger partial charge < -0.3 is 10.2 Å². The first-order valence-electron chi connectivity index (χ1n) is 10.1. The Hall–Kier alpha value is -3.01. The molecule has 0 bridgehead atoms. The maximum absolute atomic E-state index is 14.3. The van der Waals surface area contributed by atoms with E-state index in [0.717, 1.165) is 27.6 Å². The first-order valence-corrected chi connectivity index (χ1v) is 11.9. The Balaban J connectivity index is 2.38. The summed E-state index contributed by atoms with van der Waals surface area (Å²) in [6, 6.07) is 9.63. The Morgan fingerprint density at radius 3 is 2.38 bits per heavy atom. The summed E-state index contributed by atoms with van der Waals surface area (Å²) in [7, 11) is -3.96. The van der Waals surface area contributed by atoms with E-state index in [-0.39, 0.29) is 17.8 Å². The van der Waals surface area contributed by atoms with E-state index in [0.29, 0.717) is 13.0 Å². The highest BCUT2D eigenvalue weighted by atomic mass is 32.2. The molecule has 1 atom stereocenters. The number of carbonyl (C=O) groups excluding carboxylic acids is 2. The van der Waals surface area contributed by atoms with E-state index in [1.807, 2.05) is 6.92 Å². The number of nitrogens with one attached hydrogen (secondary N) is 1. The van der Waals surface area contributed by atoms with Crippen LogP contribution in [0, 0.1) is 11.6 Å². The molecule has 1 N–H and O–H groups in total. The zero-order chi connectivity index (χ0) is 23.9.